The van der Waals surface area contributed by atoms with Gasteiger partial charge in [-0.15, -0.1) is 0 Å². The van der Waals surface area contributed by atoms with Gasteiger partial charge in [0.25, 0.3) is 0 Å². The summed E-state index contributed by atoms with van der Waals surface area (Å²) >= 11 is 0. The first-order valence-corrected chi connectivity index (χ1v) is 15.0. The monoisotopic (exact) mass is 595 g/mol. The minimum Gasteiger partial charge on any atom is -0.384 e. The summed E-state index contributed by atoms with van der Waals surface area (Å²) < 4.78 is 39.6. The van der Waals surface area contributed by atoms with Crippen LogP contribution in [0.5, 0.6) is 0 Å². The fraction of sp³-hybridized carbons (Fsp3) is 0.516. The normalized spacial score (nSPS) is 28.1. The van der Waals surface area contributed by atoms with Crippen molar-refractivity contribution in [3.8, 4) is 11.4 Å². The molecule has 5 heterocycles. The molecule has 9 nitrogen and oxygen atoms in total. The Morgan fingerprint density at radius 3 is 2.51 bits per heavy atom. The van der Waals surface area contributed by atoms with Crippen molar-refractivity contribution in [3.05, 3.63) is 72.1 Å². The van der Waals surface area contributed by atoms with Gasteiger partial charge in [0.15, 0.2) is 5.82 Å². The van der Waals surface area contributed by atoms with Crippen LogP contribution in [0.2, 0.25) is 0 Å². The van der Waals surface area contributed by atoms with Gasteiger partial charge in [-0.3, -0.25) is 14.8 Å². The van der Waals surface area contributed by atoms with Crippen molar-refractivity contribution in [1.29, 1.82) is 0 Å². The van der Waals surface area contributed by atoms with Crippen molar-refractivity contribution in [1.82, 2.24) is 35.5 Å². The van der Waals surface area contributed by atoms with E-state index in [9.17, 15) is 23.1 Å². The lowest BCUT2D eigenvalue weighted by Gasteiger charge is -2.37. The average Bonchev–Trinajstić information content (AvgIpc) is 3.50. The zero-order valence-electron chi connectivity index (χ0n) is 23.8. The van der Waals surface area contributed by atoms with Gasteiger partial charge in [0.2, 0.25) is 5.91 Å². The van der Waals surface area contributed by atoms with Crippen LogP contribution in [-0.2, 0) is 16.6 Å². The van der Waals surface area contributed by atoms with E-state index in [1.807, 2.05) is 17.0 Å². The summed E-state index contributed by atoms with van der Waals surface area (Å²) in [7, 11) is 0. The van der Waals surface area contributed by atoms with Crippen LogP contribution in [0.25, 0.3) is 11.4 Å². The Morgan fingerprint density at radius 2 is 1.79 bits per heavy atom. The molecule has 6 rings (SSSR count). The van der Waals surface area contributed by atoms with Crippen LogP contribution >= 0.6 is 0 Å². The zero-order valence-corrected chi connectivity index (χ0v) is 23.8. The molecule has 3 aromatic rings. The third kappa shape index (κ3) is 6.71. The summed E-state index contributed by atoms with van der Waals surface area (Å²) in [5.74, 6) is 0.410. The highest BCUT2D eigenvalue weighted by atomic mass is 19.4. The van der Waals surface area contributed by atoms with E-state index in [0.29, 0.717) is 62.5 Å². The number of aliphatic hydroxyl groups is 1. The molecule has 3 N–H and O–H groups in total. The molecular weight excluding hydrogens is 559 g/mol. The van der Waals surface area contributed by atoms with Gasteiger partial charge in [0.05, 0.1) is 23.0 Å². The Kier molecular flexibility index (Phi) is 8.43. The second-order valence-corrected chi connectivity index (χ2v) is 11.9. The number of likely N-dealkylation sites (tertiary alicyclic amines) is 1. The molecule has 2 unspecified atom stereocenters. The molecular formula is C31H36F3N7O2. The molecule has 3 fully saturated rings. The smallest absolute Gasteiger partial charge is 0.384 e. The predicted molar refractivity (Wildman–Crippen MR) is 152 cm³/mol. The number of piperidine rings is 1. The Labute approximate surface area is 248 Å². The highest BCUT2D eigenvalue weighted by Gasteiger charge is 2.39. The van der Waals surface area contributed by atoms with Crippen LogP contribution in [0.1, 0.15) is 67.9 Å². The molecule has 0 radical (unpaired) electrons. The fourth-order valence-corrected chi connectivity index (χ4v) is 6.64. The Balaban J connectivity index is 0.989. The lowest BCUT2D eigenvalue weighted by atomic mass is 9.79. The van der Waals surface area contributed by atoms with Gasteiger partial charge in [0, 0.05) is 61.4 Å². The van der Waals surface area contributed by atoms with Crippen LogP contribution < -0.4 is 10.6 Å². The highest BCUT2D eigenvalue weighted by Crippen LogP contribution is 2.37. The summed E-state index contributed by atoms with van der Waals surface area (Å²) in [5.41, 5.74) is 0.0721. The van der Waals surface area contributed by atoms with E-state index < -0.39 is 17.3 Å². The van der Waals surface area contributed by atoms with Crippen molar-refractivity contribution < 1.29 is 23.1 Å². The van der Waals surface area contributed by atoms with Crippen molar-refractivity contribution in [2.75, 3.05) is 19.6 Å². The lowest BCUT2D eigenvalue weighted by molar-refractivity contribution is -0.138. The summed E-state index contributed by atoms with van der Waals surface area (Å²) in [6.45, 7) is 1.82. The molecule has 1 saturated carbocycles. The van der Waals surface area contributed by atoms with Crippen LogP contribution in [0.4, 0.5) is 13.2 Å². The molecule has 3 aromatic heterocycles. The lowest BCUT2D eigenvalue weighted by Crippen LogP contribution is -2.46. The maximum Gasteiger partial charge on any atom is 0.416 e. The largest absolute Gasteiger partial charge is 0.416 e. The number of carbonyl (C=O) groups excluding carboxylic acids is 1. The first-order valence-electron chi connectivity index (χ1n) is 15.0. The molecule has 2 saturated heterocycles. The highest BCUT2D eigenvalue weighted by molar-refractivity contribution is 5.79. The quantitative estimate of drug-likeness (QED) is 0.392. The van der Waals surface area contributed by atoms with E-state index in [0.717, 1.165) is 37.0 Å². The SMILES string of the molecule is O=C([C@@H]1CCNC(c2cc(C(F)(F)F)ccn2)C1)N1CCC(NC2CCC(O)(c3ccc(-c4ncccn4)cn3)CC2)C1. The van der Waals surface area contributed by atoms with Crippen molar-refractivity contribution >= 4 is 5.91 Å². The second-order valence-electron chi connectivity index (χ2n) is 11.9. The number of pyridine rings is 2. The van der Waals surface area contributed by atoms with Crippen molar-refractivity contribution in [3.63, 3.8) is 0 Å². The van der Waals surface area contributed by atoms with Gasteiger partial charge in [-0.1, -0.05) is 0 Å². The number of aromatic nitrogens is 4. The van der Waals surface area contributed by atoms with Gasteiger partial charge in [-0.25, -0.2) is 9.97 Å². The van der Waals surface area contributed by atoms with Gasteiger partial charge >= 0.3 is 6.18 Å². The van der Waals surface area contributed by atoms with Crippen LogP contribution in [0, 0.1) is 5.92 Å². The van der Waals surface area contributed by atoms with Gasteiger partial charge < -0.3 is 20.6 Å². The Bertz CT molecular complexity index is 1400. The number of amides is 1. The number of nitrogens with one attached hydrogen (secondary N) is 2. The van der Waals surface area contributed by atoms with Crippen LogP contribution in [0.15, 0.2) is 55.1 Å². The number of halogens is 3. The van der Waals surface area contributed by atoms with E-state index >= 15 is 0 Å². The zero-order chi connectivity index (χ0) is 30.0. The predicted octanol–water partition coefficient (Wildman–Crippen LogP) is 4.01. The maximum atomic E-state index is 13.4. The Morgan fingerprint density at radius 1 is 1.00 bits per heavy atom. The first kappa shape index (κ1) is 29.6. The molecule has 3 aliphatic rings. The molecule has 0 bridgehead atoms. The molecule has 43 heavy (non-hydrogen) atoms. The van der Waals surface area contributed by atoms with E-state index in [1.54, 1.807) is 24.7 Å². The van der Waals surface area contributed by atoms with Crippen LogP contribution in [0.3, 0.4) is 0 Å². The van der Waals surface area contributed by atoms with Crippen LogP contribution in [-0.4, -0.2) is 67.6 Å². The third-order valence-corrected chi connectivity index (χ3v) is 9.07. The van der Waals surface area contributed by atoms with Gasteiger partial charge in [-0.05, 0) is 81.8 Å². The number of rotatable bonds is 6. The van der Waals surface area contributed by atoms with Gasteiger partial charge in [0.1, 0.15) is 5.60 Å². The van der Waals surface area contributed by atoms with Crippen molar-refractivity contribution in [2.45, 2.75) is 74.8 Å². The van der Waals surface area contributed by atoms with Gasteiger partial charge in [-0.2, -0.15) is 13.2 Å². The molecule has 0 aromatic carbocycles. The maximum absolute atomic E-state index is 13.4. The summed E-state index contributed by atoms with van der Waals surface area (Å²) in [5, 5.41) is 18.3. The third-order valence-electron chi connectivity index (χ3n) is 9.07. The van der Waals surface area contributed by atoms with Crippen molar-refractivity contribution in [2.24, 2.45) is 5.92 Å². The van der Waals surface area contributed by atoms with E-state index in [4.69, 9.17) is 0 Å². The summed E-state index contributed by atoms with van der Waals surface area (Å²) in [4.78, 5) is 32.5. The van der Waals surface area contributed by atoms with E-state index in [-0.39, 0.29) is 30.0 Å². The Hall–Kier alpha value is -3.48. The van der Waals surface area contributed by atoms with E-state index in [1.165, 1.54) is 6.20 Å². The summed E-state index contributed by atoms with van der Waals surface area (Å²) in [6, 6.07) is 7.58. The molecule has 1 aliphatic carbocycles. The number of hydrogen-bond acceptors (Lipinski definition) is 8. The number of alkyl halides is 3. The number of hydrogen-bond donors (Lipinski definition) is 3. The van der Waals surface area contributed by atoms with E-state index in [2.05, 4.69) is 30.6 Å². The minimum atomic E-state index is -4.43. The minimum absolute atomic E-state index is 0.0659. The molecule has 0 spiro atoms. The molecule has 1 amide bonds. The average molecular weight is 596 g/mol. The molecule has 3 atom stereocenters. The molecule has 228 valence electrons. The number of carbonyl (C=O) groups is 1. The number of nitrogens with zero attached hydrogens (tertiary/aromatic N) is 5. The molecule has 2 aliphatic heterocycles. The second kappa shape index (κ2) is 12.3. The first-order chi connectivity index (χ1) is 20.7. The fourth-order valence-electron chi connectivity index (χ4n) is 6.64. The topological polar surface area (TPSA) is 116 Å². The standard InChI is InChI=1S/C31H36F3N7O2/c32-31(33,34)22-7-14-36-26(17-22)25-16-20(6-13-35-25)29(42)41-15-8-24(19-41)40-23-4-9-30(43,10-5-23)27-3-2-21(18-39-27)28-37-11-1-12-38-28/h1-3,7,11-12,14,17-18,20,23-25,35,40,43H,4-6,8-10,13,15-16,19H2/t20-,23?,24?,25?,30?/m1/s1. The summed E-state index contributed by atoms with van der Waals surface area (Å²) in [6.07, 6.45) is 6.52. The molecule has 12 heteroatoms.